The molecule has 98 valence electrons. The molecule has 2 amide bonds. The Kier molecular flexibility index (Phi) is 4.15. The lowest BCUT2D eigenvalue weighted by Gasteiger charge is -2.23. The Morgan fingerprint density at radius 1 is 1.30 bits per heavy atom. The summed E-state index contributed by atoms with van der Waals surface area (Å²) >= 11 is 0. The van der Waals surface area contributed by atoms with Gasteiger partial charge in [-0.1, -0.05) is 17.6 Å². The first-order valence-corrected chi connectivity index (χ1v) is 6.00. The summed E-state index contributed by atoms with van der Waals surface area (Å²) in [4.78, 5) is 17.3. The van der Waals surface area contributed by atoms with Crippen molar-refractivity contribution in [3.8, 4) is 0 Å². The van der Waals surface area contributed by atoms with Gasteiger partial charge in [-0.25, -0.2) is 9.69 Å². The highest BCUT2D eigenvalue weighted by Crippen LogP contribution is 2.16. The van der Waals surface area contributed by atoms with E-state index >= 15 is 0 Å². The second-order valence-electron chi connectivity index (χ2n) is 4.07. The van der Waals surface area contributed by atoms with Gasteiger partial charge in [0.2, 0.25) is 0 Å². The van der Waals surface area contributed by atoms with Crippen LogP contribution in [0.2, 0.25) is 0 Å². The van der Waals surface area contributed by atoms with Crippen LogP contribution in [0.15, 0.2) is 48.8 Å². The van der Waals surface area contributed by atoms with Crippen LogP contribution in [0.1, 0.15) is 5.56 Å². The SMILES string of the molecule is [B]c1ccc(N(C(=N)c2cccnc2)C(=O)NC)cc1. The van der Waals surface area contributed by atoms with Crippen molar-refractivity contribution in [3.63, 3.8) is 0 Å². The summed E-state index contributed by atoms with van der Waals surface area (Å²) in [7, 11) is 7.16. The van der Waals surface area contributed by atoms with E-state index in [0.29, 0.717) is 16.7 Å². The van der Waals surface area contributed by atoms with Gasteiger partial charge in [0, 0.05) is 25.0 Å². The van der Waals surface area contributed by atoms with Gasteiger partial charge in [-0.3, -0.25) is 10.4 Å². The Bertz CT molecular complexity index is 613. The summed E-state index contributed by atoms with van der Waals surface area (Å²) in [6, 6.07) is 9.79. The predicted molar refractivity (Wildman–Crippen MR) is 79.8 cm³/mol. The van der Waals surface area contributed by atoms with E-state index in [1.165, 1.54) is 18.1 Å². The summed E-state index contributed by atoms with van der Waals surface area (Å²) in [5.74, 6) is 0.0437. The molecule has 1 heterocycles. The van der Waals surface area contributed by atoms with E-state index in [1.54, 1.807) is 42.6 Å². The molecule has 0 bridgehead atoms. The molecule has 0 atom stereocenters. The summed E-state index contributed by atoms with van der Waals surface area (Å²) in [5, 5.41) is 10.7. The van der Waals surface area contributed by atoms with Crippen LogP contribution in [-0.4, -0.2) is 31.7 Å². The van der Waals surface area contributed by atoms with E-state index in [2.05, 4.69) is 10.3 Å². The first-order chi connectivity index (χ1) is 9.63. The molecule has 0 aliphatic heterocycles. The van der Waals surface area contributed by atoms with Crippen molar-refractivity contribution in [1.29, 1.82) is 5.41 Å². The molecule has 0 aliphatic carbocycles. The number of nitrogens with zero attached hydrogens (tertiary/aromatic N) is 2. The quantitative estimate of drug-likeness (QED) is 0.483. The van der Waals surface area contributed by atoms with Crippen molar-refractivity contribution >= 4 is 30.9 Å². The third kappa shape index (κ3) is 2.85. The van der Waals surface area contributed by atoms with Gasteiger partial charge in [-0.05, 0) is 24.3 Å². The Morgan fingerprint density at radius 3 is 2.55 bits per heavy atom. The molecule has 5 nitrogen and oxygen atoms in total. The van der Waals surface area contributed by atoms with E-state index in [9.17, 15) is 4.79 Å². The Labute approximate surface area is 118 Å². The summed E-state index contributed by atoms with van der Waals surface area (Å²) in [6.07, 6.45) is 3.15. The van der Waals surface area contributed by atoms with Crippen molar-refractivity contribution in [2.75, 3.05) is 11.9 Å². The van der Waals surface area contributed by atoms with Crippen LogP contribution < -0.4 is 15.7 Å². The van der Waals surface area contributed by atoms with Gasteiger partial charge >= 0.3 is 6.03 Å². The first kappa shape index (κ1) is 13.8. The Balaban J connectivity index is 2.40. The third-order valence-corrected chi connectivity index (χ3v) is 2.73. The lowest BCUT2D eigenvalue weighted by Crippen LogP contribution is -2.42. The number of pyridine rings is 1. The topological polar surface area (TPSA) is 69.1 Å². The minimum Gasteiger partial charge on any atom is -0.340 e. The summed E-state index contributed by atoms with van der Waals surface area (Å²) in [6.45, 7) is 0. The van der Waals surface area contributed by atoms with Crippen LogP contribution in [0.3, 0.4) is 0 Å². The van der Waals surface area contributed by atoms with Crippen molar-refractivity contribution in [2.45, 2.75) is 0 Å². The Morgan fingerprint density at radius 2 is 2.00 bits per heavy atom. The van der Waals surface area contributed by atoms with E-state index in [4.69, 9.17) is 13.3 Å². The number of carbonyl (C=O) groups is 1. The highest BCUT2D eigenvalue weighted by molar-refractivity contribution is 6.32. The third-order valence-electron chi connectivity index (χ3n) is 2.73. The number of hydrogen-bond acceptors (Lipinski definition) is 3. The summed E-state index contributed by atoms with van der Waals surface area (Å²) in [5.41, 5.74) is 1.71. The van der Waals surface area contributed by atoms with Gasteiger partial charge in [-0.15, -0.1) is 0 Å². The highest BCUT2D eigenvalue weighted by atomic mass is 16.2. The van der Waals surface area contributed by atoms with Gasteiger partial charge in [0.15, 0.2) is 0 Å². The lowest BCUT2D eigenvalue weighted by atomic mass is 9.96. The monoisotopic (exact) mass is 264 g/mol. The molecule has 6 heteroatoms. The normalized spacial score (nSPS) is 9.85. The lowest BCUT2D eigenvalue weighted by molar-refractivity contribution is 0.251. The fourth-order valence-corrected chi connectivity index (χ4v) is 1.72. The van der Waals surface area contributed by atoms with Gasteiger partial charge in [0.25, 0.3) is 0 Å². The van der Waals surface area contributed by atoms with Crippen molar-refractivity contribution in [2.24, 2.45) is 0 Å². The number of urea groups is 1. The second-order valence-corrected chi connectivity index (χ2v) is 4.07. The zero-order chi connectivity index (χ0) is 14.5. The first-order valence-electron chi connectivity index (χ1n) is 6.00. The molecule has 2 N–H and O–H groups in total. The molecule has 2 rings (SSSR count). The number of amidine groups is 1. The zero-order valence-electron chi connectivity index (χ0n) is 11.0. The number of nitrogens with one attached hydrogen (secondary N) is 2. The molecule has 0 saturated heterocycles. The fourth-order valence-electron chi connectivity index (χ4n) is 1.72. The molecule has 0 spiro atoms. The number of rotatable bonds is 2. The number of benzene rings is 1. The van der Waals surface area contributed by atoms with E-state index < -0.39 is 6.03 Å². The molecule has 0 fully saturated rings. The molecule has 1 aromatic heterocycles. The predicted octanol–water partition coefficient (Wildman–Crippen LogP) is 1.05. The standard InChI is InChI=1S/C14H13BN4O/c1-17-14(20)19(12-6-4-11(15)5-7-12)13(16)10-3-2-8-18-9-10/h2-9,16H,1H3,(H,17,20). The van der Waals surface area contributed by atoms with Gasteiger partial charge in [0.05, 0.1) is 5.69 Å². The van der Waals surface area contributed by atoms with Gasteiger partial charge in [-0.2, -0.15) is 0 Å². The van der Waals surface area contributed by atoms with E-state index in [0.717, 1.165) is 0 Å². The van der Waals surface area contributed by atoms with Crippen LogP contribution in [0, 0.1) is 5.41 Å². The van der Waals surface area contributed by atoms with Crippen LogP contribution in [0.4, 0.5) is 10.5 Å². The molecule has 1 aromatic carbocycles. The fraction of sp³-hybridized carbons (Fsp3) is 0.0714. The van der Waals surface area contributed by atoms with Crippen LogP contribution in [0.25, 0.3) is 0 Å². The number of anilines is 1. The second kappa shape index (κ2) is 6.01. The molecular weight excluding hydrogens is 251 g/mol. The van der Waals surface area contributed by atoms with Crippen molar-refractivity contribution < 1.29 is 4.79 Å². The smallest absolute Gasteiger partial charge is 0.327 e. The highest BCUT2D eigenvalue weighted by Gasteiger charge is 2.20. The minimum atomic E-state index is -0.399. The zero-order valence-corrected chi connectivity index (χ0v) is 11.0. The van der Waals surface area contributed by atoms with Crippen molar-refractivity contribution in [1.82, 2.24) is 10.3 Å². The van der Waals surface area contributed by atoms with Gasteiger partial charge in [0.1, 0.15) is 13.7 Å². The maximum Gasteiger partial charge on any atom is 0.327 e. The average Bonchev–Trinajstić information content (AvgIpc) is 2.50. The molecule has 20 heavy (non-hydrogen) atoms. The largest absolute Gasteiger partial charge is 0.340 e. The van der Waals surface area contributed by atoms with Crippen LogP contribution >= 0.6 is 0 Å². The Hall–Kier alpha value is -2.63. The molecule has 0 unspecified atom stereocenters. The number of hydrogen-bond donors (Lipinski definition) is 2. The number of carbonyl (C=O) groups excluding carboxylic acids is 1. The number of aromatic nitrogens is 1. The molecule has 0 saturated carbocycles. The maximum absolute atomic E-state index is 12.0. The van der Waals surface area contributed by atoms with E-state index in [-0.39, 0.29) is 5.84 Å². The molecular formula is C14H13BN4O. The summed E-state index contributed by atoms with van der Waals surface area (Å²) < 4.78 is 0. The molecule has 2 aromatic rings. The van der Waals surface area contributed by atoms with Gasteiger partial charge < -0.3 is 5.32 Å². The molecule has 0 aliphatic rings. The van der Waals surface area contributed by atoms with Crippen LogP contribution in [-0.2, 0) is 0 Å². The van der Waals surface area contributed by atoms with Crippen LogP contribution in [0.5, 0.6) is 0 Å². The number of amides is 2. The minimum absolute atomic E-state index is 0.0437. The maximum atomic E-state index is 12.0. The molecule has 2 radical (unpaired) electrons. The van der Waals surface area contributed by atoms with E-state index in [1.807, 2.05) is 0 Å². The average molecular weight is 264 g/mol. The van der Waals surface area contributed by atoms with Crippen molar-refractivity contribution in [3.05, 3.63) is 54.4 Å².